The molecule has 3 aliphatic rings. The van der Waals surface area contributed by atoms with Gasteiger partial charge in [-0.15, -0.1) is 0 Å². The third kappa shape index (κ3) is 3.22. The van der Waals surface area contributed by atoms with Gasteiger partial charge in [0.25, 0.3) is 0 Å². The number of hydrogen-bond donors (Lipinski definition) is 0. The fraction of sp³-hybridized carbons (Fsp3) is 0.176. The Bertz CT molecular complexity index is 1600. The Labute approximate surface area is 207 Å². The maximum absolute atomic E-state index is 2.49. The highest BCUT2D eigenvalue weighted by Gasteiger charge is 2.42. The summed E-state index contributed by atoms with van der Waals surface area (Å²) < 4.78 is 2.44. The van der Waals surface area contributed by atoms with Crippen molar-refractivity contribution in [1.82, 2.24) is 4.57 Å². The number of fused-ring (bicyclic) bond motifs is 6. The van der Waals surface area contributed by atoms with Crippen LogP contribution in [0, 0.1) is 11.3 Å². The molecule has 0 saturated carbocycles. The number of aromatic nitrogens is 1. The predicted octanol–water partition coefficient (Wildman–Crippen LogP) is 8.83. The van der Waals surface area contributed by atoms with Crippen molar-refractivity contribution >= 4 is 21.8 Å². The molecule has 2 bridgehead atoms. The van der Waals surface area contributed by atoms with Gasteiger partial charge in [0.1, 0.15) is 0 Å². The van der Waals surface area contributed by atoms with Gasteiger partial charge >= 0.3 is 0 Å². The van der Waals surface area contributed by atoms with Crippen molar-refractivity contribution in [2.45, 2.75) is 25.7 Å². The lowest BCUT2D eigenvalue weighted by molar-refractivity contribution is 0.277. The van der Waals surface area contributed by atoms with Crippen molar-refractivity contribution in [2.75, 3.05) is 0 Å². The first-order chi connectivity index (χ1) is 17.2. The zero-order valence-corrected chi connectivity index (χ0v) is 20.1. The van der Waals surface area contributed by atoms with E-state index >= 15 is 0 Å². The van der Waals surface area contributed by atoms with Crippen molar-refractivity contribution in [3.8, 4) is 5.69 Å². The summed E-state index contributed by atoms with van der Waals surface area (Å²) in [7, 11) is 0. The Morgan fingerprint density at radius 1 is 0.829 bits per heavy atom. The lowest BCUT2D eigenvalue weighted by atomic mass is 9.63. The van der Waals surface area contributed by atoms with Crippen LogP contribution in [-0.4, -0.2) is 4.57 Å². The molecule has 0 amide bonds. The van der Waals surface area contributed by atoms with Crippen LogP contribution in [0.25, 0.3) is 27.5 Å². The van der Waals surface area contributed by atoms with E-state index in [-0.39, 0.29) is 5.41 Å². The fourth-order valence-electron chi connectivity index (χ4n) is 6.80. The van der Waals surface area contributed by atoms with Gasteiger partial charge in [-0.3, -0.25) is 0 Å². The zero-order valence-electron chi connectivity index (χ0n) is 20.1. The Morgan fingerprint density at radius 3 is 2.57 bits per heavy atom. The van der Waals surface area contributed by atoms with Gasteiger partial charge in [0.2, 0.25) is 0 Å². The molecule has 3 aromatic carbocycles. The Kier molecular flexibility index (Phi) is 4.60. The first-order valence-corrected chi connectivity index (χ1v) is 12.7. The van der Waals surface area contributed by atoms with E-state index in [0.29, 0.717) is 11.8 Å². The molecule has 1 heterocycles. The zero-order chi connectivity index (χ0) is 23.4. The lowest BCUT2D eigenvalue weighted by Gasteiger charge is -2.40. The molecule has 7 rings (SSSR count). The highest BCUT2D eigenvalue weighted by molar-refractivity contribution is 6.09. The SMILES string of the molecule is CC12C=CC=CC(=CC3=CC=CCC3C1c1ccc3c4ccccc4n(-c4ccccc4)c3c1)C2. The number of hydrogen-bond acceptors (Lipinski definition) is 0. The van der Waals surface area contributed by atoms with Gasteiger partial charge < -0.3 is 4.57 Å². The third-order valence-corrected chi connectivity index (χ3v) is 8.26. The van der Waals surface area contributed by atoms with Crippen LogP contribution in [0.2, 0.25) is 0 Å². The predicted molar refractivity (Wildman–Crippen MR) is 148 cm³/mol. The summed E-state index contributed by atoms with van der Waals surface area (Å²) in [6, 6.07) is 26.9. The van der Waals surface area contributed by atoms with E-state index in [1.54, 1.807) is 0 Å². The van der Waals surface area contributed by atoms with Crippen molar-refractivity contribution in [3.05, 3.63) is 138 Å². The monoisotopic (exact) mass is 451 g/mol. The average Bonchev–Trinajstić information content (AvgIpc) is 3.00. The van der Waals surface area contributed by atoms with E-state index in [4.69, 9.17) is 0 Å². The molecule has 0 radical (unpaired) electrons. The molecule has 1 aromatic heterocycles. The van der Waals surface area contributed by atoms with Crippen LogP contribution in [0.1, 0.15) is 31.2 Å². The second-order valence-corrected chi connectivity index (χ2v) is 10.5. The standard InChI is InChI=1S/C34H29N/c1-34-20-10-9-11-24(23-34)21-25-12-5-6-15-28(25)33(34)26-18-19-30-29-16-7-8-17-31(29)35(32(30)22-26)27-13-3-2-4-14-27/h2-14,16-22,28,33H,15,23H2,1H3. The van der Waals surface area contributed by atoms with E-state index in [2.05, 4.69) is 133 Å². The maximum Gasteiger partial charge on any atom is 0.0543 e. The Morgan fingerprint density at radius 2 is 1.66 bits per heavy atom. The summed E-state index contributed by atoms with van der Waals surface area (Å²) in [5, 5.41) is 2.64. The molecule has 0 fully saturated rings. The summed E-state index contributed by atoms with van der Waals surface area (Å²) in [5.41, 5.74) is 8.17. The van der Waals surface area contributed by atoms with E-state index in [0.717, 1.165) is 12.8 Å². The van der Waals surface area contributed by atoms with Crippen molar-refractivity contribution in [3.63, 3.8) is 0 Å². The molecular formula is C34H29N. The minimum Gasteiger partial charge on any atom is -0.309 e. The first kappa shape index (κ1) is 20.5. The molecule has 3 unspecified atom stereocenters. The maximum atomic E-state index is 2.49. The van der Waals surface area contributed by atoms with E-state index in [1.165, 1.54) is 44.2 Å². The van der Waals surface area contributed by atoms with Crippen molar-refractivity contribution in [2.24, 2.45) is 11.3 Å². The molecule has 35 heavy (non-hydrogen) atoms. The molecule has 170 valence electrons. The summed E-state index contributed by atoms with van der Waals surface area (Å²) >= 11 is 0. The molecular weight excluding hydrogens is 422 g/mol. The largest absolute Gasteiger partial charge is 0.309 e. The summed E-state index contributed by atoms with van der Waals surface area (Å²) in [4.78, 5) is 0. The Balaban J connectivity index is 1.49. The quantitative estimate of drug-likeness (QED) is 0.287. The summed E-state index contributed by atoms with van der Waals surface area (Å²) in [5.74, 6) is 0.876. The van der Waals surface area contributed by atoms with Crippen LogP contribution in [0.15, 0.2) is 133 Å². The van der Waals surface area contributed by atoms with Crippen LogP contribution in [0.4, 0.5) is 0 Å². The second kappa shape index (κ2) is 7.85. The lowest BCUT2D eigenvalue weighted by Crippen LogP contribution is -2.29. The van der Waals surface area contributed by atoms with Gasteiger partial charge in [0.05, 0.1) is 11.0 Å². The summed E-state index contributed by atoms with van der Waals surface area (Å²) in [6.45, 7) is 2.47. The normalized spacial score (nSPS) is 25.2. The molecule has 0 spiro atoms. The number of nitrogens with zero attached hydrogens (tertiary/aromatic N) is 1. The van der Waals surface area contributed by atoms with Crippen molar-refractivity contribution in [1.29, 1.82) is 0 Å². The van der Waals surface area contributed by atoms with Crippen LogP contribution < -0.4 is 0 Å². The summed E-state index contributed by atoms with van der Waals surface area (Å²) in [6.07, 6.45) is 20.8. The van der Waals surface area contributed by atoms with Crippen LogP contribution >= 0.6 is 0 Å². The smallest absolute Gasteiger partial charge is 0.0543 e. The third-order valence-electron chi connectivity index (χ3n) is 8.26. The number of allylic oxidation sites excluding steroid dienone is 10. The highest BCUT2D eigenvalue weighted by Crippen LogP contribution is 2.54. The van der Waals surface area contributed by atoms with Gasteiger partial charge in [-0.05, 0) is 65.1 Å². The number of benzene rings is 3. The molecule has 0 aliphatic heterocycles. The number of rotatable bonds is 2. The average molecular weight is 452 g/mol. The fourth-order valence-corrected chi connectivity index (χ4v) is 6.80. The van der Waals surface area contributed by atoms with Gasteiger partial charge in [-0.2, -0.15) is 0 Å². The van der Waals surface area contributed by atoms with E-state index in [9.17, 15) is 0 Å². The van der Waals surface area contributed by atoms with Gasteiger partial charge in [-0.25, -0.2) is 0 Å². The van der Waals surface area contributed by atoms with Crippen LogP contribution in [0.5, 0.6) is 0 Å². The molecule has 1 nitrogen and oxygen atoms in total. The van der Waals surface area contributed by atoms with Crippen molar-refractivity contribution < 1.29 is 0 Å². The van der Waals surface area contributed by atoms with Crippen LogP contribution in [-0.2, 0) is 0 Å². The number of para-hydroxylation sites is 2. The molecule has 0 N–H and O–H groups in total. The van der Waals surface area contributed by atoms with Gasteiger partial charge in [0, 0.05) is 22.4 Å². The topological polar surface area (TPSA) is 4.93 Å². The van der Waals surface area contributed by atoms with E-state index < -0.39 is 0 Å². The second-order valence-electron chi connectivity index (χ2n) is 10.5. The molecule has 1 heteroatoms. The van der Waals surface area contributed by atoms with Crippen LogP contribution in [0.3, 0.4) is 0 Å². The first-order valence-electron chi connectivity index (χ1n) is 12.7. The molecule has 3 atom stereocenters. The van der Waals surface area contributed by atoms with E-state index in [1.807, 2.05) is 0 Å². The molecule has 0 saturated heterocycles. The van der Waals surface area contributed by atoms with Gasteiger partial charge in [-0.1, -0.05) is 104 Å². The van der Waals surface area contributed by atoms with Gasteiger partial charge in [0.15, 0.2) is 0 Å². The molecule has 3 aliphatic carbocycles. The minimum atomic E-state index is 0.0536. The highest BCUT2D eigenvalue weighted by atomic mass is 15.0. The molecule has 4 aromatic rings. The minimum absolute atomic E-state index is 0.0536. The Hall–Kier alpha value is -3.84.